The van der Waals surface area contributed by atoms with Crippen molar-refractivity contribution < 1.29 is 9.90 Å². The first-order chi connectivity index (χ1) is 13.6. The second-order valence-corrected chi connectivity index (χ2v) is 8.81. The first-order valence-corrected chi connectivity index (χ1v) is 12.0. The molecule has 2 nitrogen and oxygen atoms in total. The maximum absolute atomic E-state index is 11.0. The first-order valence-electron chi connectivity index (χ1n) is 11.6. The summed E-state index contributed by atoms with van der Waals surface area (Å²) in [6, 6.07) is 7.13. The van der Waals surface area contributed by atoms with Crippen LogP contribution in [0.5, 0.6) is 0 Å². The molecule has 0 aliphatic rings. The lowest BCUT2D eigenvalue weighted by molar-refractivity contribution is 0.0696. The molecule has 0 fully saturated rings. The van der Waals surface area contributed by atoms with Crippen molar-refractivity contribution in [2.45, 2.75) is 115 Å². The highest BCUT2D eigenvalue weighted by Crippen LogP contribution is 2.18. The van der Waals surface area contributed by atoms with E-state index in [0.29, 0.717) is 5.56 Å². The Kier molecular flexibility index (Phi) is 15.1. The molecule has 1 N–H and O–H groups in total. The minimum Gasteiger partial charge on any atom is -0.478 e. The van der Waals surface area contributed by atoms with E-state index in [1.165, 1.54) is 89.9 Å². The molecule has 0 aliphatic carbocycles. The van der Waals surface area contributed by atoms with Gasteiger partial charge in [-0.3, -0.25) is 0 Å². The molecule has 0 aromatic heterocycles. The van der Waals surface area contributed by atoms with Gasteiger partial charge in [-0.1, -0.05) is 109 Å². The molecule has 0 bridgehead atoms. The lowest BCUT2D eigenvalue weighted by Crippen LogP contribution is -2.05. The molecular weight excluding hydrogens is 368 g/mol. The Bertz CT molecular complexity index is 515. The molecular formula is C25H41ClO2. The minimum atomic E-state index is -0.875. The number of hydrogen-bond acceptors (Lipinski definition) is 1. The third kappa shape index (κ3) is 13.2. The van der Waals surface area contributed by atoms with Gasteiger partial charge in [-0.05, 0) is 30.5 Å². The van der Waals surface area contributed by atoms with Crippen molar-refractivity contribution in [2.24, 2.45) is 0 Å². The number of carbonyl (C=O) groups is 1. The monoisotopic (exact) mass is 408 g/mol. The standard InChI is InChI=1S/C25H41ClO2/c1-2-3-4-5-6-7-8-9-10-11-12-13-14-15-19-24(26)21-22-17-16-18-23(20-22)25(27)28/h16-18,20,24H,2-15,19,21H2,1H3,(H,27,28). The number of halogens is 1. The van der Waals surface area contributed by atoms with Crippen LogP contribution in [-0.2, 0) is 6.42 Å². The van der Waals surface area contributed by atoms with E-state index in [-0.39, 0.29) is 5.38 Å². The quantitative estimate of drug-likeness (QED) is 0.195. The molecule has 0 aliphatic heterocycles. The van der Waals surface area contributed by atoms with E-state index < -0.39 is 5.97 Å². The predicted molar refractivity (Wildman–Crippen MR) is 122 cm³/mol. The fourth-order valence-electron chi connectivity index (χ4n) is 3.75. The molecule has 28 heavy (non-hydrogen) atoms. The van der Waals surface area contributed by atoms with Crippen LogP contribution in [-0.4, -0.2) is 16.5 Å². The van der Waals surface area contributed by atoms with Gasteiger partial charge in [-0.2, -0.15) is 0 Å². The van der Waals surface area contributed by atoms with E-state index in [4.69, 9.17) is 16.7 Å². The van der Waals surface area contributed by atoms with Gasteiger partial charge < -0.3 is 5.11 Å². The molecule has 0 amide bonds. The summed E-state index contributed by atoms with van der Waals surface area (Å²) in [4.78, 5) is 11.0. The Hall–Kier alpha value is -1.02. The number of unbranched alkanes of at least 4 members (excludes halogenated alkanes) is 13. The van der Waals surface area contributed by atoms with Crippen molar-refractivity contribution >= 4 is 17.6 Å². The third-order valence-corrected chi connectivity index (χ3v) is 5.87. The van der Waals surface area contributed by atoms with Gasteiger partial charge in [0.2, 0.25) is 0 Å². The lowest BCUT2D eigenvalue weighted by Gasteiger charge is -2.10. The highest BCUT2D eigenvalue weighted by Gasteiger charge is 2.08. The second kappa shape index (κ2) is 16.9. The fourth-order valence-corrected chi connectivity index (χ4v) is 4.08. The molecule has 0 saturated heterocycles. The van der Waals surface area contributed by atoms with E-state index in [1.54, 1.807) is 18.2 Å². The third-order valence-electron chi connectivity index (χ3n) is 5.50. The van der Waals surface area contributed by atoms with Crippen LogP contribution in [0, 0.1) is 0 Å². The summed E-state index contributed by atoms with van der Waals surface area (Å²) in [6.45, 7) is 2.27. The summed E-state index contributed by atoms with van der Waals surface area (Å²) < 4.78 is 0. The van der Waals surface area contributed by atoms with E-state index in [0.717, 1.165) is 18.4 Å². The van der Waals surface area contributed by atoms with Crippen molar-refractivity contribution in [3.63, 3.8) is 0 Å². The molecule has 1 rings (SSSR count). The van der Waals surface area contributed by atoms with Gasteiger partial charge in [0.05, 0.1) is 5.56 Å². The van der Waals surface area contributed by atoms with Crippen molar-refractivity contribution in [1.82, 2.24) is 0 Å². The van der Waals surface area contributed by atoms with Gasteiger partial charge in [-0.15, -0.1) is 11.6 Å². The Morgan fingerprint density at radius 1 is 0.857 bits per heavy atom. The van der Waals surface area contributed by atoms with Crippen LogP contribution >= 0.6 is 11.6 Å². The SMILES string of the molecule is CCCCCCCCCCCCCCCCC(Cl)Cc1cccc(C(=O)O)c1. The summed E-state index contributed by atoms with van der Waals surface area (Å²) in [5.74, 6) is -0.875. The van der Waals surface area contributed by atoms with Crippen molar-refractivity contribution in [3.8, 4) is 0 Å². The summed E-state index contributed by atoms with van der Waals surface area (Å²) in [5.41, 5.74) is 1.36. The average molecular weight is 409 g/mol. The number of alkyl halides is 1. The smallest absolute Gasteiger partial charge is 0.335 e. The predicted octanol–water partition coefficient (Wildman–Crippen LogP) is 8.41. The molecule has 1 atom stereocenters. The van der Waals surface area contributed by atoms with Gasteiger partial charge in [0.1, 0.15) is 0 Å². The Balaban J connectivity index is 1.92. The van der Waals surface area contributed by atoms with Gasteiger partial charge in [0.15, 0.2) is 0 Å². The summed E-state index contributed by atoms with van der Waals surface area (Å²) >= 11 is 6.45. The van der Waals surface area contributed by atoms with E-state index >= 15 is 0 Å². The maximum atomic E-state index is 11.0. The zero-order valence-electron chi connectivity index (χ0n) is 17.9. The zero-order chi connectivity index (χ0) is 20.5. The normalized spacial score (nSPS) is 12.2. The van der Waals surface area contributed by atoms with Gasteiger partial charge in [0.25, 0.3) is 0 Å². The average Bonchev–Trinajstić information content (AvgIpc) is 2.68. The Labute approximate surface area is 178 Å². The molecule has 1 unspecified atom stereocenters. The van der Waals surface area contributed by atoms with Gasteiger partial charge in [-0.25, -0.2) is 4.79 Å². The first kappa shape index (κ1) is 25.0. The highest BCUT2D eigenvalue weighted by atomic mass is 35.5. The van der Waals surface area contributed by atoms with Crippen LogP contribution in [0.15, 0.2) is 24.3 Å². The molecule has 1 aromatic rings. The van der Waals surface area contributed by atoms with Crippen LogP contribution in [0.25, 0.3) is 0 Å². The summed E-state index contributed by atoms with van der Waals surface area (Å²) in [7, 11) is 0. The number of carboxylic acids is 1. The van der Waals surface area contributed by atoms with Crippen LogP contribution < -0.4 is 0 Å². The van der Waals surface area contributed by atoms with Crippen molar-refractivity contribution in [1.29, 1.82) is 0 Å². The molecule has 160 valence electrons. The molecule has 0 saturated carbocycles. The molecule has 0 spiro atoms. The van der Waals surface area contributed by atoms with Crippen LogP contribution in [0.4, 0.5) is 0 Å². The molecule has 1 aromatic carbocycles. The van der Waals surface area contributed by atoms with Gasteiger partial charge in [0, 0.05) is 5.38 Å². The minimum absolute atomic E-state index is 0.0985. The summed E-state index contributed by atoms with van der Waals surface area (Å²) in [6.07, 6.45) is 20.9. The van der Waals surface area contributed by atoms with Crippen LogP contribution in [0.3, 0.4) is 0 Å². The van der Waals surface area contributed by atoms with Crippen LogP contribution in [0.1, 0.15) is 119 Å². The summed E-state index contributed by atoms with van der Waals surface area (Å²) in [5, 5.41) is 9.15. The number of aromatic carboxylic acids is 1. The number of hydrogen-bond donors (Lipinski definition) is 1. The fraction of sp³-hybridized carbons (Fsp3) is 0.720. The molecule has 0 radical (unpaired) electrons. The number of benzene rings is 1. The maximum Gasteiger partial charge on any atom is 0.335 e. The van der Waals surface area contributed by atoms with Crippen molar-refractivity contribution in [2.75, 3.05) is 0 Å². The second-order valence-electron chi connectivity index (χ2n) is 8.19. The van der Waals surface area contributed by atoms with E-state index in [2.05, 4.69) is 6.92 Å². The number of rotatable bonds is 18. The molecule has 0 heterocycles. The van der Waals surface area contributed by atoms with E-state index in [1.807, 2.05) is 6.07 Å². The van der Waals surface area contributed by atoms with E-state index in [9.17, 15) is 4.79 Å². The van der Waals surface area contributed by atoms with Crippen LogP contribution in [0.2, 0.25) is 0 Å². The van der Waals surface area contributed by atoms with Crippen molar-refractivity contribution in [3.05, 3.63) is 35.4 Å². The lowest BCUT2D eigenvalue weighted by atomic mass is 10.0. The Morgan fingerprint density at radius 2 is 1.36 bits per heavy atom. The Morgan fingerprint density at radius 3 is 1.86 bits per heavy atom. The topological polar surface area (TPSA) is 37.3 Å². The zero-order valence-corrected chi connectivity index (χ0v) is 18.7. The largest absolute Gasteiger partial charge is 0.478 e. The number of carboxylic acid groups (broad SMARTS) is 1. The highest BCUT2D eigenvalue weighted by molar-refractivity contribution is 6.20. The molecule has 3 heteroatoms. The van der Waals surface area contributed by atoms with Gasteiger partial charge >= 0.3 is 5.97 Å².